The first-order valence-electron chi connectivity index (χ1n) is 10.3. The molecule has 9 nitrogen and oxygen atoms in total. The van der Waals surface area contributed by atoms with Gasteiger partial charge in [-0.15, -0.1) is 0 Å². The number of rotatable bonds is 2. The van der Waals surface area contributed by atoms with Crippen molar-refractivity contribution in [2.24, 2.45) is 13.0 Å². The fourth-order valence-corrected chi connectivity index (χ4v) is 4.35. The van der Waals surface area contributed by atoms with Gasteiger partial charge in [0, 0.05) is 36.8 Å². The van der Waals surface area contributed by atoms with Crippen LogP contribution < -0.4 is 5.32 Å². The van der Waals surface area contributed by atoms with E-state index in [4.69, 9.17) is 0 Å². The number of likely N-dealkylation sites (tertiary alicyclic amines) is 1. The van der Waals surface area contributed by atoms with Crippen molar-refractivity contribution >= 4 is 39.3 Å². The number of aromatic nitrogens is 5. The van der Waals surface area contributed by atoms with Gasteiger partial charge in [-0.2, -0.15) is 10.2 Å². The van der Waals surface area contributed by atoms with E-state index >= 15 is 0 Å². The van der Waals surface area contributed by atoms with E-state index < -0.39 is 11.8 Å². The molecular formula is C22H23N7O2. The Labute approximate surface area is 178 Å². The molecule has 0 saturated carbocycles. The van der Waals surface area contributed by atoms with Gasteiger partial charge in [0.1, 0.15) is 0 Å². The van der Waals surface area contributed by atoms with E-state index in [0.717, 1.165) is 34.7 Å². The molecule has 0 aliphatic carbocycles. The number of benzene rings is 1. The summed E-state index contributed by atoms with van der Waals surface area (Å²) in [5.41, 5.74) is 2.95. The maximum absolute atomic E-state index is 13.2. The van der Waals surface area contributed by atoms with Crippen molar-refractivity contribution in [1.29, 1.82) is 0 Å². The van der Waals surface area contributed by atoms with Crippen LogP contribution in [0.15, 0.2) is 43.0 Å². The maximum atomic E-state index is 13.2. The van der Waals surface area contributed by atoms with Crippen LogP contribution in [0, 0.1) is 5.92 Å². The Morgan fingerprint density at radius 2 is 2.03 bits per heavy atom. The Morgan fingerprint density at radius 1 is 1.16 bits per heavy atom. The zero-order chi connectivity index (χ0) is 21.5. The number of hydrogen-bond donors (Lipinski definition) is 2. The summed E-state index contributed by atoms with van der Waals surface area (Å²) in [5.74, 6) is -0.902. The molecule has 4 aromatic rings. The quantitative estimate of drug-likeness (QED) is 0.488. The SMILES string of the molecule is CC1CCC(c2ccc3cn(C)nc3c2)N(C(=O)C(=O)Nc2cncc3cn[nH]c23)C1. The molecule has 2 unspecified atom stereocenters. The van der Waals surface area contributed by atoms with E-state index in [9.17, 15) is 9.59 Å². The zero-order valence-corrected chi connectivity index (χ0v) is 17.4. The minimum atomic E-state index is -0.679. The number of carbonyl (C=O) groups excluding carboxylic acids is 2. The van der Waals surface area contributed by atoms with Gasteiger partial charge >= 0.3 is 11.8 Å². The van der Waals surface area contributed by atoms with Crippen molar-refractivity contribution in [3.8, 4) is 0 Å². The topological polar surface area (TPSA) is 109 Å². The lowest BCUT2D eigenvalue weighted by Gasteiger charge is -2.38. The molecule has 1 aliphatic heterocycles. The van der Waals surface area contributed by atoms with Crippen LogP contribution in [0.2, 0.25) is 0 Å². The summed E-state index contributed by atoms with van der Waals surface area (Å²) >= 11 is 0. The number of piperidine rings is 1. The molecule has 1 aliphatic rings. The molecule has 5 rings (SSSR count). The Hall–Kier alpha value is -3.75. The van der Waals surface area contributed by atoms with Gasteiger partial charge in [0.15, 0.2) is 0 Å². The van der Waals surface area contributed by atoms with Crippen LogP contribution in [0.25, 0.3) is 21.8 Å². The predicted molar refractivity (Wildman–Crippen MR) is 116 cm³/mol. The fourth-order valence-electron chi connectivity index (χ4n) is 4.35. The van der Waals surface area contributed by atoms with Crippen LogP contribution in [0.1, 0.15) is 31.4 Å². The lowest BCUT2D eigenvalue weighted by atomic mass is 9.89. The van der Waals surface area contributed by atoms with Gasteiger partial charge in [0.05, 0.1) is 35.2 Å². The summed E-state index contributed by atoms with van der Waals surface area (Å²) in [5, 5.41) is 15.8. The normalized spacial score (nSPS) is 19.1. The lowest BCUT2D eigenvalue weighted by Crippen LogP contribution is -2.46. The van der Waals surface area contributed by atoms with E-state index in [-0.39, 0.29) is 6.04 Å². The molecule has 4 heterocycles. The summed E-state index contributed by atoms with van der Waals surface area (Å²) in [6.45, 7) is 2.63. The minimum Gasteiger partial charge on any atom is -0.327 e. The molecule has 0 radical (unpaired) electrons. The molecule has 9 heteroatoms. The Bertz CT molecular complexity index is 1290. The Kier molecular flexibility index (Phi) is 4.65. The van der Waals surface area contributed by atoms with Crippen molar-refractivity contribution in [3.63, 3.8) is 0 Å². The van der Waals surface area contributed by atoms with Crippen LogP contribution in [0.4, 0.5) is 5.69 Å². The Balaban J connectivity index is 1.42. The van der Waals surface area contributed by atoms with E-state index in [2.05, 4.69) is 32.5 Å². The average molecular weight is 417 g/mol. The third kappa shape index (κ3) is 3.52. The second kappa shape index (κ2) is 7.50. The first-order valence-corrected chi connectivity index (χ1v) is 10.3. The molecule has 1 aromatic carbocycles. The highest BCUT2D eigenvalue weighted by Gasteiger charge is 2.34. The molecular weight excluding hydrogens is 394 g/mol. The largest absolute Gasteiger partial charge is 0.327 e. The van der Waals surface area contributed by atoms with Gasteiger partial charge in [0.2, 0.25) is 0 Å². The third-order valence-electron chi connectivity index (χ3n) is 5.91. The number of aromatic amines is 1. The molecule has 2 amide bonds. The number of nitrogens with zero attached hydrogens (tertiary/aromatic N) is 5. The number of hydrogen-bond acceptors (Lipinski definition) is 5. The van der Waals surface area contributed by atoms with E-state index in [1.165, 1.54) is 6.20 Å². The van der Waals surface area contributed by atoms with Crippen LogP contribution in [0.5, 0.6) is 0 Å². The van der Waals surface area contributed by atoms with E-state index in [1.54, 1.807) is 22.0 Å². The molecule has 1 saturated heterocycles. The molecule has 3 aromatic heterocycles. The number of carbonyl (C=O) groups is 2. The monoisotopic (exact) mass is 417 g/mol. The second-order valence-electron chi connectivity index (χ2n) is 8.25. The predicted octanol–water partition coefficient (Wildman–Crippen LogP) is 2.78. The van der Waals surface area contributed by atoms with Gasteiger partial charge < -0.3 is 10.2 Å². The van der Waals surface area contributed by atoms with Crippen molar-refractivity contribution in [2.75, 3.05) is 11.9 Å². The number of nitrogens with one attached hydrogen (secondary N) is 2. The smallest absolute Gasteiger partial charge is 0.314 e. The van der Waals surface area contributed by atoms with Crippen LogP contribution >= 0.6 is 0 Å². The highest BCUT2D eigenvalue weighted by atomic mass is 16.2. The Morgan fingerprint density at radius 3 is 2.90 bits per heavy atom. The summed E-state index contributed by atoms with van der Waals surface area (Å²) in [6.07, 6.45) is 8.53. The van der Waals surface area contributed by atoms with E-state index in [0.29, 0.717) is 23.7 Å². The van der Waals surface area contributed by atoms with Gasteiger partial charge in [-0.05, 0) is 30.4 Å². The zero-order valence-electron chi connectivity index (χ0n) is 17.4. The first kappa shape index (κ1) is 19.2. The molecule has 1 fully saturated rings. The molecule has 2 atom stereocenters. The molecule has 31 heavy (non-hydrogen) atoms. The average Bonchev–Trinajstić information content (AvgIpc) is 3.38. The fraction of sp³-hybridized carbons (Fsp3) is 0.318. The van der Waals surface area contributed by atoms with Crippen molar-refractivity contribution in [1.82, 2.24) is 29.9 Å². The third-order valence-corrected chi connectivity index (χ3v) is 5.91. The summed E-state index contributed by atoms with van der Waals surface area (Å²) < 4.78 is 1.78. The molecule has 0 spiro atoms. The van der Waals surface area contributed by atoms with Crippen LogP contribution in [0.3, 0.4) is 0 Å². The highest BCUT2D eigenvalue weighted by Crippen LogP contribution is 2.34. The van der Waals surface area contributed by atoms with Gasteiger partial charge in [-0.3, -0.25) is 24.4 Å². The summed E-state index contributed by atoms with van der Waals surface area (Å²) in [6, 6.07) is 5.90. The van der Waals surface area contributed by atoms with Gasteiger partial charge in [-0.1, -0.05) is 19.1 Å². The van der Waals surface area contributed by atoms with Crippen LogP contribution in [-0.2, 0) is 16.6 Å². The van der Waals surface area contributed by atoms with Crippen molar-refractivity contribution < 1.29 is 9.59 Å². The number of pyridine rings is 1. The number of anilines is 1. The standard InChI is InChI=1S/C22H23N7O2/c1-13-3-6-19(14-4-5-15-12-28(2)27-17(15)7-14)29(11-13)22(31)21(30)25-18-10-23-8-16-9-24-26-20(16)18/h4-5,7-10,12-13,19H,3,6,11H2,1-2H3,(H,24,26)(H,25,30). The number of amides is 2. The number of fused-ring (bicyclic) bond motifs is 2. The number of aryl methyl sites for hydroxylation is 1. The molecule has 0 bridgehead atoms. The maximum Gasteiger partial charge on any atom is 0.314 e. The second-order valence-corrected chi connectivity index (χ2v) is 8.25. The molecule has 158 valence electrons. The van der Waals surface area contributed by atoms with Gasteiger partial charge in [0.25, 0.3) is 0 Å². The van der Waals surface area contributed by atoms with E-state index in [1.807, 2.05) is 31.4 Å². The molecule has 2 N–H and O–H groups in total. The van der Waals surface area contributed by atoms with Crippen LogP contribution in [-0.4, -0.2) is 48.2 Å². The lowest BCUT2D eigenvalue weighted by molar-refractivity contribution is -0.146. The highest BCUT2D eigenvalue weighted by molar-refractivity contribution is 6.40. The van der Waals surface area contributed by atoms with Crippen molar-refractivity contribution in [3.05, 3.63) is 48.5 Å². The van der Waals surface area contributed by atoms with Gasteiger partial charge in [-0.25, -0.2) is 0 Å². The summed E-state index contributed by atoms with van der Waals surface area (Å²) in [7, 11) is 1.89. The number of H-pyrrole nitrogens is 1. The summed E-state index contributed by atoms with van der Waals surface area (Å²) in [4.78, 5) is 31.9. The first-order chi connectivity index (χ1) is 15.0. The minimum absolute atomic E-state index is 0.165. The van der Waals surface area contributed by atoms with Crippen molar-refractivity contribution in [2.45, 2.75) is 25.8 Å².